The molecule has 10 nitrogen and oxygen atoms in total. The van der Waals surface area contributed by atoms with Crippen molar-refractivity contribution in [3.8, 4) is 0 Å². The smallest absolute Gasteiger partial charge is 0.408 e. The van der Waals surface area contributed by atoms with Crippen LogP contribution in [0.2, 0.25) is 0 Å². The molecule has 2 aliphatic carbocycles. The minimum Gasteiger partial charge on any atom is -0.479 e. The number of thioether (sulfide) groups is 1. The first-order valence-electron chi connectivity index (χ1n) is 9.02. The molecule has 0 radical (unpaired) electrons. The predicted octanol–water partition coefficient (Wildman–Crippen LogP) is 1.44. The average molecular weight is 412 g/mol. The Balaban J connectivity index is 1.86. The van der Waals surface area contributed by atoms with Gasteiger partial charge in [0.25, 0.3) is 0 Å². The van der Waals surface area contributed by atoms with Crippen molar-refractivity contribution in [2.24, 2.45) is 17.8 Å². The minimum absolute atomic E-state index is 0.137. The second kappa shape index (κ2) is 7.26. The van der Waals surface area contributed by atoms with Crippen LogP contribution in [0.15, 0.2) is 11.5 Å². The lowest BCUT2D eigenvalue weighted by Crippen LogP contribution is -2.57. The highest BCUT2D eigenvalue weighted by atomic mass is 32.2. The Morgan fingerprint density at radius 3 is 2.68 bits per heavy atom. The summed E-state index contributed by atoms with van der Waals surface area (Å²) in [6.07, 6.45) is 0.667. The molecule has 1 amide bonds. The Morgan fingerprint density at radius 2 is 2.14 bits per heavy atom. The van der Waals surface area contributed by atoms with Gasteiger partial charge in [0.05, 0.1) is 12.5 Å². The molecule has 0 bridgehead atoms. The Bertz CT molecular complexity index is 764. The number of ether oxygens (including phenoxy) is 2. The van der Waals surface area contributed by atoms with Gasteiger partial charge in [0.15, 0.2) is 5.16 Å². The highest BCUT2D eigenvalue weighted by Gasteiger charge is 2.76. The van der Waals surface area contributed by atoms with Gasteiger partial charge in [-0.25, -0.2) is 14.6 Å². The molecule has 28 heavy (non-hydrogen) atoms. The van der Waals surface area contributed by atoms with E-state index in [-0.39, 0.29) is 24.2 Å². The highest BCUT2D eigenvalue weighted by Crippen LogP contribution is 2.66. The number of aliphatic carboxylic acids is 1. The second-order valence-corrected chi connectivity index (χ2v) is 9.16. The number of hydrogen-bond donors (Lipinski definition) is 3. The van der Waals surface area contributed by atoms with Crippen LogP contribution in [0.3, 0.4) is 0 Å². The molecule has 3 rings (SSSR count). The van der Waals surface area contributed by atoms with E-state index in [0.717, 1.165) is 0 Å². The fourth-order valence-corrected chi connectivity index (χ4v) is 5.32. The number of amides is 1. The van der Waals surface area contributed by atoms with E-state index in [4.69, 9.17) is 9.47 Å². The predicted molar refractivity (Wildman–Crippen MR) is 97.5 cm³/mol. The summed E-state index contributed by atoms with van der Waals surface area (Å²) < 4.78 is 10.4. The number of carboxylic acids is 1. The molecule has 1 aromatic rings. The average Bonchev–Trinajstić information content (AvgIpc) is 2.95. The zero-order valence-corrected chi connectivity index (χ0v) is 16.9. The SMILES string of the molecule is CCOC(=O)[C@H]1[C@H]2[C@@H]1[C@](NC(=O)OC(C)(C)C)(C(=O)O)C[C@@H]2Sc1ncn[nH]1. The van der Waals surface area contributed by atoms with Crippen LogP contribution in [-0.4, -0.2) is 61.3 Å². The van der Waals surface area contributed by atoms with Crippen molar-refractivity contribution < 1.29 is 29.0 Å². The molecule has 0 unspecified atom stereocenters. The Kier molecular flexibility index (Phi) is 5.30. The molecule has 5 atom stereocenters. The topological polar surface area (TPSA) is 144 Å². The number of carboxylic acid groups (broad SMARTS) is 1. The standard InChI is InChI=1S/C17H24N4O6S/c1-5-26-12(22)10-9-8(28-14-18-7-19-21-14)6-17(11(9)10,13(23)24)20-15(25)27-16(2,3)4/h7-11H,5-6H2,1-4H3,(H,20,25)(H,23,24)(H,18,19,21)/t8-,9-,10-,11-,17-/m0/s1. The fraction of sp³-hybridized carbons (Fsp3) is 0.706. The Labute approximate surface area is 166 Å². The fourth-order valence-electron chi connectivity index (χ4n) is 3.98. The number of aromatic nitrogens is 3. The summed E-state index contributed by atoms with van der Waals surface area (Å²) in [6.45, 7) is 6.98. The van der Waals surface area contributed by atoms with Gasteiger partial charge in [0, 0.05) is 11.2 Å². The van der Waals surface area contributed by atoms with E-state index in [1.807, 2.05) is 0 Å². The maximum Gasteiger partial charge on any atom is 0.408 e. The maximum atomic E-state index is 12.4. The van der Waals surface area contributed by atoms with E-state index in [0.29, 0.717) is 5.16 Å². The van der Waals surface area contributed by atoms with Gasteiger partial charge < -0.3 is 19.9 Å². The zero-order valence-electron chi connectivity index (χ0n) is 16.1. The molecule has 0 spiro atoms. The quantitative estimate of drug-likeness (QED) is 0.591. The molecular weight excluding hydrogens is 388 g/mol. The van der Waals surface area contributed by atoms with Crippen molar-refractivity contribution >= 4 is 29.8 Å². The zero-order chi connectivity index (χ0) is 20.7. The third kappa shape index (κ3) is 3.80. The van der Waals surface area contributed by atoms with Gasteiger partial charge in [-0.2, -0.15) is 5.10 Å². The third-order valence-electron chi connectivity index (χ3n) is 4.92. The van der Waals surface area contributed by atoms with Crippen LogP contribution in [-0.2, 0) is 19.1 Å². The van der Waals surface area contributed by atoms with Crippen molar-refractivity contribution in [3.63, 3.8) is 0 Å². The number of carbonyl (C=O) groups is 3. The van der Waals surface area contributed by atoms with Gasteiger partial charge in [-0.15, -0.1) is 0 Å². The summed E-state index contributed by atoms with van der Waals surface area (Å²) in [4.78, 5) is 41.1. The third-order valence-corrected chi connectivity index (χ3v) is 6.12. The largest absolute Gasteiger partial charge is 0.479 e. The second-order valence-electron chi connectivity index (χ2n) is 7.94. The molecule has 0 aliphatic heterocycles. The highest BCUT2D eigenvalue weighted by molar-refractivity contribution is 7.99. The maximum absolute atomic E-state index is 12.4. The summed E-state index contributed by atoms with van der Waals surface area (Å²) in [7, 11) is 0. The number of alkyl carbamates (subject to hydrolysis) is 1. The van der Waals surface area contributed by atoms with Crippen LogP contribution in [0.1, 0.15) is 34.1 Å². The van der Waals surface area contributed by atoms with Crippen LogP contribution >= 0.6 is 11.8 Å². The number of nitrogens with one attached hydrogen (secondary N) is 2. The summed E-state index contributed by atoms with van der Waals surface area (Å²) in [5.74, 6) is -3.06. The van der Waals surface area contributed by atoms with E-state index in [2.05, 4.69) is 20.5 Å². The van der Waals surface area contributed by atoms with E-state index in [1.165, 1.54) is 18.1 Å². The van der Waals surface area contributed by atoms with Gasteiger partial charge in [-0.1, -0.05) is 11.8 Å². The first kappa shape index (κ1) is 20.4. The number of carbonyl (C=O) groups excluding carboxylic acids is 2. The van der Waals surface area contributed by atoms with E-state index in [9.17, 15) is 19.5 Å². The van der Waals surface area contributed by atoms with Gasteiger partial charge >= 0.3 is 18.0 Å². The molecule has 1 heterocycles. The molecular formula is C17H24N4O6S. The van der Waals surface area contributed by atoms with E-state index in [1.54, 1.807) is 27.7 Å². The number of H-pyrrole nitrogens is 1. The molecule has 154 valence electrons. The molecule has 1 aromatic heterocycles. The lowest BCUT2D eigenvalue weighted by molar-refractivity contribution is -0.148. The van der Waals surface area contributed by atoms with Crippen molar-refractivity contribution in [3.05, 3.63) is 6.33 Å². The number of esters is 1. The van der Waals surface area contributed by atoms with Gasteiger partial charge in [0.2, 0.25) is 0 Å². The summed E-state index contributed by atoms with van der Waals surface area (Å²) >= 11 is 1.31. The van der Waals surface area contributed by atoms with Crippen molar-refractivity contribution in [1.29, 1.82) is 0 Å². The Hall–Kier alpha value is -2.30. The molecule has 11 heteroatoms. The molecule has 2 aliphatic rings. The van der Waals surface area contributed by atoms with Crippen LogP contribution in [0, 0.1) is 17.8 Å². The lowest BCUT2D eigenvalue weighted by atomic mass is 9.90. The van der Waals surface area contributed by atoms with Gasteiger partial charge in [-0.3, -0.25) is 9.89 Å². The molecule has 0 saturated heterocycles. The number of rotatable bonds is 6. The molecule has 2 saturated carbocycles. The van der Waals surface area contributed by atoms with E-state index >= 15 is 0 Å². The summed E-state index contributed by atoms with van der Waals surface area (Å²) in [5.41, 5.74) is -2.39. The number of aromatic amines is 1. The van der Waals surface area contributed by atoms with E-state index < -0.39 is 41.0 Å². The molecule has 3 N–H and O–H groups in total. The number of nitrogens with zero attached hydrogens (tertiary/aromatic N) is 2. The van der Waals surface area contributed by atoms with Crippen molar-refractivity contribution in [1.82, 2.24) is 20.5 Å². The van der Waals surface area contributed by atoms with Crippen molar-refractivity contribution in [2.75, 3.05) is 6.61 Å². The molecule has 2 fully saturated rings. The lowest BCUT2D eigenvalue weighted by Gasteiger charge is -2.31. The normalized spacial score (nSPS) is 31.0. The summed E-state index contributed by atoms with van der Waals surface area (Å²) in [6, 6.07) is 0. The van der Waals surface area contributed by atoms with Crippen LogP contribution in [0.5, 0.6) is 0 Å². The minimum atomic E-state index is -1.61. The van der Waals surface area contributed by atoms with Crippen LogP contribution < -0.4 is 5.32 Å². The molecule has 0 aromatic carbocycles. The van der Waals surface area contributed by atoms with Gasteiger partial charge in [0.1, 0.15) is 17.5 Å². The summed E-state index contributed by atoms with van der Waals surface area (Å²) in [5, 5.41) is 19.4. The van der Waals surface area contributed by atoms with Crippen LogP contribution in [0.25, 0.3) is 0 Å². The Morgan fingerprint density at radius 1 is 1.43 bits per heavy atom. The number of hydrogen-bond acceptors (Lipinski definition) is 8. The van der Waals surface area contributed by atoms with Gasteiger partial charge in [-0.05, 0) is 40.0 Å². The monoisotopic (exact) mass is 412 g/mol. The number of fused-ring (bicyclic) bond motifs is 1. The first-order chi connectivity index (χ1) is 13.1. The van der Waals surface area contributed by atoms with Crippen molar-refractivity contribution in [2.45, 2.75) is 55.7 Å². The van der Waals surface area contributed by atoms with Crippen LogP contribution in [0.4, 0.5) is 4.79 Å². The first-order valence-corrected chi connectivity index (χ1v) is 9.90.